The van der Waals surface area contributed by atoms with Crippen LogP contribution in [0.5, 0.6) is 5.75 Å². The van der Waals surface area contributed by atoms with Crippen LogP contribution in [0.25, 0.3) is 0 Å². The molecular formula is C14H19ClN2O4. The van der Waals surface area contributed by atoms with E-state index in [4.69, 9.17) is 16.3 Å². The van der Waals surface area contributed by atoms with Crippen molar-refractivity contribution in [3.8, 4) is 5.75 Å². The zero-order valence-corrected chi connectivity index (χ0v) is 13.2. The molecule has 0 radical (unpaired) electrons. The number of ether oxygens (including phenoxy) is 1. The topological polar surface area (TPSA) is 78.9 Å². The summed E-state index contributed by atoms with van der Waals surface area (Å²) in [6.45, 7) is 4.88. The molecular weight excluding hydrogens is 296 g/mol. The van der Waals surface area contributed by atoms with Crippen molar-refractivity contribution in [2.45, 2.75) is 26.3 Å². The predicted molar refractivity (Wildman–Crippen MR) is 81.1 cm³/mol. The van der Waals surface area contributed by atoms with Crippen molar-refractivity contribution >= 4 is 29.3 Å². The number of hydrogen-bond acceptors (Lipinski definition) is 3. The van der Waals surface area contributed by atoms with Crippen molar-refractivity contribution < 1.29 is 19.4 Å². The van der Waals surface area contributed by atoms with Gasteiger partial charge in [-0.3, -0.25) is 0 Å². The van der Waals surface area contributed by atoms with Gasteiger partial charge in [0.1, 0.15) is 11.3 Å². The molecule has 1 rings (SSSR count). The molecule has 2 amide bonds. The largest absolute Gasteiger partial charge is 0.495 e. The van der Waals surface area contributed by atoms with Crippen molar-refractivity contribution in [1.29, 1.82) is 0 Å². The summed E-state index contributed by atoms with van der Waals surface area (Å²) in [6, 6.07) is 4.26. The van der Waals surface area contributed by atoms with Crippen LogP contribution in [0.15, 0.2) is 18.2 Å². The number of anilines is 1. The fourth-order valence-electron chi connectivity index (χ4n) is 1.87. The number of benzene rings is 1. The van der Waals surface area contributed by atoms with E-state index < -0.39 is 17.5 Å². The third-order valence-electron chi connectivity index (χ3n) is 3.16. The number of carbonyl (C=O) groups excluding carboxylic acids is 1. The van der Waals surface area contributed by atoms with Gasteiger partial charge in [0.2, 0.25) is 0 Å². The molecule has 7 heteroatoms. The lowest BCUT2D eigenvalue weighted by molar-refractivity contribution is -0.147. The number of rotatable bonds is 5. The number of carboxylic acid groups (broad SMARTS) is 1. The highest BCUT2D eigenvalue weighted by atomic mass is 35.5. The van der Waals surface area contributed by atoms with Crippen LogP contribution in [0.1, 0.15) is 20.8 Å². The minimum absolute atomic E-state index is 0.244. The second-order valence-electron chi connectivity index (χ2n) is 4.88. The summed E-state index contributed by atoms with van der Waals surface area (Å²) in [4.78, 5) is 24.8. The minimum atomic E-state index is -1.33. The van der Waals surface area contributed by atoms with Gasteiger partial charge in [0.05, 0.1) is 12.8 Å². The van der Waals surface area contributed by atoms with Crippen LogP contribution in [0.2, 0.25) is 5.02 Å². The Kier molecular flexibility index (Phi) is 5.43. The fourth-order valence-corrected chi connectivity index (χ4v) is 2.04. The summed E-state index contributed by atoms with van der Waals surface area (Å²) < 4.78 is 5.14. The van der Waals surface area contributed by atoms with E-state index in [2.05, 4.69) is 5.32 Å². The quantitative estimate of drug-likeness (QED) is 0.875. The molecule has 0 aliphatic carbocycles. The Hall–Kier alpha value is -1.95. The van der Waals surface area contributed by atoms with Crippen molar-refractivity contribution in [3.05, 3.63) is 23.2 Å². The number of nitrogens with zero attached hydrogens (tertiary/aromatic N) is 1. The molecule has 6 nitrogen and oxygen atoms in total. The summed E-state index contributed by atoms with van der Waals surface area (Å²) in [7, 11) is 1.47. The van der Waals surface area contributed by atoms with Crippen LogP contribution < -0.4 is 10.1 Å². The van der Waals surface area contributed by atoms with Gasteiger partial charge in [0.15, 0.2) is 0 Å². The molecule has 21 heavy (non-hydrogen) atoms. The van der Waals surface area contributed by atoms with E-state index >= 15 is 0 Å². The van der Waals surface area contributed by atoms with Crippen LogP contribution in [-0.2, 0) is 4.79 Å². The maximum absolute atomic E-state index is 12.3. The van der Waals surface area contributed by atoms with Gasteiger partial charge in [-0.25, -0.2) is 9.59 Å². The number of carboxylic acids is 1. The minimum Gasteiger partial charge on any atom is -0.495 e. The molecule has 0 bridgehead atoms. The molecule has 1 aromatic rings. The van der Waals surface area contributed by atoms with Crippen LogP contribution in [0.3, 0.4) is 0 Å². The van der Waals surface area contributed by atoms with Gasteiger partial charge in [-0.05, 0) is 39.0 Å². The SMILES string of the molecule is CCN(C(=O)Nc1cc(Cl)ccc1OC)C(C)(C)C(=O)O. The van der Waals surface area contributed by atoms with E-state index in [-0.39, 0.29) is 6.54 Å². The monoisotopic (exact) mass is 314 g/mol. The molecule has 0 spiro atoms. The third-order valence-corrected chi connectivity index (χ3v) is 3.40. The van der Waals surface area contributed by atoms with E-state index in [9.17, 15) is 14.7 Å². The smallest absolute Gasteiger partial charge is 0.329 e. The Morgan fingerprint density at radius 2 is 2.05 bits per heavy atom. The van der Waals surface area contributed by atoms with E-state index in [1.807, 2.05) is 0 Å². The van der Waals surface area contributed by atoms with Crippen molar-refractivity contribution in [1.82, 2.24) is 4.90 Å². The summed E-state index contributed by atoms with van der Waals surface area (Å²) >= 11 is 5.90. The first-order chi connectivity index (χ1) is 9.73. The average Bonchev–Trinajstić information content (AvgIpc) is 2.39. The maximum Gasteiger partial charge on any atom is 0.329 e. The number of urea groups is 1. The predicted octanol–water partition coefficient (Wildman–Crippen LogP) is 3.07. The number of likely N-dealkylation sites (N-methyl/N-ethyl adjacent to an activating group) is 1. The first-order valence-electron chi connectivity index (χ1n) is 6.39. The van der Waals surface area contributed by atoms with Crippen LogP contribution in [0.4, 0.5) is 10.5 Å². The first-order valence-corrected chi connectivity index (χ1v) is 6.77. The zero-order valence-electron chi connectivity index (χ0n) is 12.4. The highest BCUT2D eigenvalue weighted by Crippen LogP contribution is 2.28. The van der Waals surface area contributed by atoms with Crippen LogP contribution in [0, 0.1) is 0 Å². The average molecular weight is 315 g/mol. The van der Waals surface area contributed by atoms with Gasteiger partial charge in [0, 0.05) is 11.6 Å². The number of methoxy groups -OCH3 is 1. The lowest BCUT2D eigenvalue weighted by atomic mass is 10.0. The van der Waals surface area contributed by atoms with Gasteiger partial charge >= 0.3 is 12.0 Å². The second kappa shape index (κ2) is 6.67. The lowest BCUT2D eigenvalue weighted by Crippen LogP contribution is -2.54. The normalized spacial score (nSPS) is 10.9. The maximum atomic E-state index is 12.3. The van der Waals surface area contributed by atoms with Crippen molar-refractivity contribution in [2.75, 3.05) is 19.0 Å². The summed E-state index contributed by atoms with van der Waals surface area (Å²) in [5.41, 5.74) is -0.945. The summed E-state index contributed by atoms with van der Waals surface area (Å²) in [5.74, 6) is -0.644. The van der Waals surface area contributed by atoms with E-state index in [1.165, 1.54) is 25.9 Å². The number of amides is 2. The number of carbonyl (C=O) groups is 2. The van der Waals surface area contributed by atoms with Gasteiger partial charge in [-0.1, -0.05) is 11.6 Å². The molecule has 0 saturated heterocycles. The Labute approximate surface area is 128 Å². The van der Waals surface area contributed by atoms with E-state index in [1.54, 1.807) is 25.1 Å². The molecule has 0 heterocycles. The van der Waals surface area contributed by atoms with Crippen LogP contribution in [-0.4, -0.2) is 41.2 Å². The molecule has 0 unspecified atom stereocenters. The molecule has 2 N–H and O–H groups in total. The lowest BCUT2D eigenvalue weighted by Gasteiger charge is -2.34. The number of hydrogen-bond donors (Lipinski definition) is 2. The van der Waals surface area contributed by atoms with Crippen molar-refractivity contribution in [2.24, 2.45) is 0 Å². The molecule has 0 aromatic heterocycles. The molecule has 0 fully saturated rings. The molecule has 0 atom stereocenters. The Morgan fingerprint density at radius 1 is 1.43 bits per heavy atom. The number of nitrogens with one attached hydrogen (secondary N) is 1. The van der Waals surface area contributed by atoms with Crippen LogP contribution >= 0.6 is 11.6 Å². The summed E-state index contributed by atoms with van der Waals surface area (Å²) in [6.07, 6.45) is 0. The van der Waals surface area contributed by atoms with Gasteiger partial charge in [-0.15, -0.1) is 0 Å². The fraction of sp³-hybridized carbons (Fsp3) is 0.429. The third kappa shape index (κ3) is 3.78. The van der Waals surface area contributed by atoms with E-state index in [0.717, 1.165) is 0 Å². The highest BCUT2D eigenvalue weighted by Gasteiger charge is 2.37. The molecule has 0 aliphatic heterocycles. The van der Waals surface area contributed by atoms with Gasteiger partial charge in [-0.2, -0.15) is 0 Å². The molecule has 0 aliphatic rings. The Balaban J connectivity index is 3.04. The first kappa shape index (κ1) is 17.1. The van der Waals surface area contributed by atoms with E-state index in [0.29, 0.717) is 16.5 Å². The Morgan fingerprint density at radius 3 is 2.52 bits per heavy atom. The number of aliphatic carboxylic acids is 1. The molecule has 116 valence electrons. The Bertz CT molecular complexity index is 546. The van der Waals surface area contributed by atoms with Gasteiger partial charge in [0.25, 0.3) is 0 Å². The zero-order chi connectivity index (χ0) is 16.2. The van der Waals surface area contributed by atoms with Crippen molar-refractivity contribution in [3.63, 3.8) is 0 Å². The summed E-state index contributed by atoms with van der Waals surface area (Å²) in [5, 5.41) is 12.3. The molecule has 0 saturated carbocycles. The standard InChI is InChI=1S/C14H19ClN2O4/c1-5-17(14(2,3)12(18)19)13(20)16-10-8-9(15)6-7-11(10)21-4/h6-8H,5H2,1-4H3,(H,16,20)(H,18,19). The highest BCUT2D eigenvalue weighted by molar-refractivity contribution is 6.31. The van der Waals surface area contributed by atoms with Gasteiger partial charge < -0.3 is 20.1 Å². The molecule has 1 aromatic carbocycles. The number of halogens is 1. The second-order valence-corrected chi connectivity index (χ2v) is 5.32.